The molecule has 0 aliphatic rings. The molecule has 1 rings (SSSR count). The van der Waals surface area contributed by atoms with E-state index in [0.717, 1.165) is 29.1 Å². The molecule has 20 heavy (non-hydrogen) atoms. The second-order valence-electron chi connectivity index (χ2n) is 4.42. The van der Waals surface area contributed by atoms with Crippen molar-refractivity contribution in [3.8, 4) is 5.88 Å². The molecule has 0 atom stereocenters. The summed E-state index contributed by atoms with van der Waals surface area (Å²) in [6, 6.07) is 0. The summed E-state index contributed by atoms with van der Waals surface area (Å²) in [6.45, 7) is 8.86. The maximum Gasteiger partial charge on any atom is 0.216 e. The Bertz CT molecular complexity index is 481. The Balaban J connectivity index is 0.00000361. The first-order valence-electron chi connectivity index (χ1n) is 6.26. The van der Waals surface area contributed by atoms with Crippen molar-refractivity contribution < 1.29 is 4.74 Å². The summed E-state index contributed by atoms with van der Waals surface area (Å²) in [5.41, 5.74) is 8.76. The van der Waals surface area contributed by atoms with Crippen LogP contribution in [0.5, 0.6) is 5.88 Å². The number of aliphatic imine (C=N–C) groups is 1. The molecule has 6 nitrogen and oxygen atoms in total. The van der Waals surface area contributed by atoms with Gasteiger partial charge >= 0.3 is 0 Å². The second kappa shape index (κ2) is 8.83. The standard InChI is InChI=1S/C13H23N5O.HI/c1-6-11-10(12(19-5)18(4)17-11)8-16-13(14)15-7-9(2)3;/h2,6-8H2,1,3-5H3,(H3,14,15,16);1H. The molecule has 0 aliphatic heterocycles. The number of guanidine groups is 1. The van der Waals surface area contributed by atoms with E-state index >= 15 is 0 Å². The first-order valence-corrected chi connectivity index (χ1v) is 6.26. The largest absolute Gasteiger partial charge is 0.481 e. The fourth-order valence-electron chi connectivity index (χ4n) is 1.77. The number of aromatic nitrogens is 2. The van der Waals surface area contributed by atoms with E-state index in [1.807, 2.05) is 14.0 Å². The molecule has 0 spiro atoms. The molecule has 7 heteroatoms. The average Bonchev–Trinajstić information content (AvgIpc) is 2.69. The number of ether oxygens (including phenoxy) is 1. The highest BCUT2D eigenvalue weighted by Gasteiger charge is 2.14. The van der Waals surface area contributed by atoms with Crippen molar-refractivity contribution in [2.45, 2.75) is 26.8 Å². The second-order valence-corrected chi connectivity index (χ2v) is 4.42. The molecule has 0 unspecified atom stereocenters. The first kappa shape index (κ1) is 18.8. The van der Waals surface area contributed by atoms with Gasteiger partial charge in [-0.05, 0) is 13.3 Å². The van der Waals surface area contributed by atoms with Gasteiger partial charge < -0.3 is 15.8 Å². The van der Waals surface area contributed by atoms with Crippen molar-refractivity contribution in [1.29, 1.82) is 0 Å². The van der Waals surface area contributed by atoms with E-state index in [2.05, 4.69) is 28.9 Å². The number of aryl methyl sites for hydroxylation is 2. The lowest BCUT2D eigenvalue weighted by Gasteiger charge is -2.06. The van der Waals surface area contributed by atoms with Gasteiger partial charge in [-0.25, -0.2) is 9.67 Å². The Morgan fingerprint density at radius 2 is 2.20 bits per heavy atom. The van der Waals surface area contributed by atoms with Gasteiger partial charge in [-0.3, -0.25) is 0 Å². The first-order chi connectivity index (χ1) is 8.99. The number of hydrogen-bond donors (Lipinski definition) is 2. The third-order valence-corrected chi connectivity index (χ3v) is 2.68. The van der Waals surface area contributed by atoms with Gasteiger partial charge in [0.2, 0.25) is 5.88 Å². The predicted octanol–water partition coefficient (Wildman–Crippen LogP) is 1.59. The minimum Gasteiger partial charge on any atom is -0.481 e. The molecule has 0 saturated heterocycles. The highest BCUT2D eigenvalue weighted by atomic mass is 127. The Morgan fingerprint density at radius 1 is 1.55 bits per heavy atom. The van der Waals surface area contributed by atoms with Crippen molar-refractivity contribution in [3.05, 3.63) is 23.4 Å². The molecule has 1 heterocycles. The van der Waals surface area contributed by atoms with Crippen LogP contribution >= 0.6 is 24.0 Å². The molecule has 0 fully saturated rings. The maximum atomic E-state index is 5.79. The molecule has 0 radical (unpaired) electrons. The number of rotatable bonds is 6. The molecule has 1 aromatic rings. The minimum atomic E-state index is 0. The normalized spacial score (nSPS) is 10.9. The van der Waals surface area contributed by atoms with Crippen LogP contribution in [0.2, 0.25) is 0 Å². The molecular formula is C13H24IN5O. The number of nitrogens with zero attached hydrogens (tertiary/aromatic N) is 3. The maximum absolute atomic E-state index is 5.79. The molecule has 0 amide bonds. The third kappa shape index (κ3) is 5.03. The summed E-state index contributed by atoms with van der Waals surface area (Å²) in [6.07, 6.45) is 0.834. The van der Waals surface area contributed by atoms with Gasteiger partial charge in [0, 0.05) is 13.6 Å². The third-order valence-electron chi connectivity index (χ3n) is 2.68. The molecule has 0 aliphatic carbocycles. The lowest BCUT2D eigenvalue weighted by atomic mass is 10.2. The van der Waals surface area contributed by atoms with Crippen LogP contribution in [0.25, 0.3) is 0 Å². The van der Waals surface area contributed by atoms with Gasteiger partial charge in [0.25, 0.3) is 0 Å². The van der Waals surface area contributed by atoms with Gasteiger partial charge in [-0.1, -0.05) is 19.1 Å². The molecule has 1 aromatic heterocycles. The summed E-state index contributed by atoms with van der Waals surface area (Å²) in [4.78, 5) is 4.31. The topological polar surface area (TPSA) is 77.5 Å². The van der Waals surface area contributed by atoms with E-state index in [1.54, 1.807) is 11.8 Å². The van der Waals surface area contributed by atoms with Crippen molar-refractivity contribution >= 4 is 29.9 Å². The fourth-order valence-corrected chi connectivity index (χ4v) is 1.77. The zero-order valence-electron chi connectivity index (χ0n) is 12.6. The van der Waals surface area contributed by atoms with Crippen LogP contribution in [-0.4, -0.2) is 29.4 Å². The SMILES string of the molecule is C=C(C)CNC(N)=NCc1c(CC)nn(C)c1OC.I. The summed E-state index contributed by atoms with van der Waals surface area (Å²) in [7, 11) is 3.49. The zero-order chi connectivity index (χ0) is 14.4. The molecule has 114 valence electrons. The van der Waals surface area contributed by atoms with Crippen molar-refractivity contribution in [2.75, 3.05) is 13.7 Å². The van der Waals surface area contributed by atoms with E-state index in [1.165, 1.54) is 0 Å². The van der Waals surface area contributed by atoms with E-state index in [-0.39, 0.29) is 24.0 Å². The zero-order valence-corrected chi connectivity index (χ0v) is 14.9. The van der Waals surface area contributed by atoms with Crippen molar-refractivity contribution in [3.63, 3.8) is 0 Å². The summed E-state index contributed by atoms with van der Waals surface area (Å²) in [5, 5.41) is 7.39. The minimum absolute atomic E-state index is 0. The molecule has 3 N–H and O–H groups in total. The van der Waals surface area contributed by atoms with Crippen molar-refractivity contribution in [2.24, 2.45) is 17.8 Å². The number of hydrogen-bond acceptors (Lipinski definition) is 3. The lowest BCUT2D eigenvalue weighted by molar-refractivity contribution is 0.369. The molecule has 0 aromatic carbocycles. The van der Waals surface area contributed by atoms with E-state index in [4.69, 9.17) is 10.5 Å². The average molecular weight is 393 g/mol. The fraction of sp³-hybridized carbons (Fsp3) is 0.538. The highest BCUT2D eigenvalue weighted by molar-refractivity contribution is 14.0. The van der Waals surface area contributed by atoms with Gasteiger partial charge in [-0.2, -0.15) is 5.10 Å². The van der Waals surface area contributed by atoms with E-state index in [9.17, 15) is 0 Å². The van der Waals surface area contributed by atoms with Crippen LogP contribution in [0.4, 0.5) is 0 Å². The Morgan fingerprint density at radius 3 is 2.70 bits per heavy atom. The van der Waals surface area contributed by atoms with Gasteiger partial charge in [-0.15, -0.1) is 24.0 Å². The van der Waals surface area contributed by atoms with E-state index < -0.39 is 0 Å². The van der Waals surface area contributed by atoms with Crippen LogP contribution in [0.15, 0.2) is 17.1 Å². The Hall–Kier alpha value is -1.25. The number of halogens is 1. The van der Waals surface area contributed by atoms with Gasteiger partial charge in [0.1, 0.15) is 0 Å². The summed E-state index contributed by atoms with van der Waals surface area (Å²) >= 11 is 0. The smallest absolute Gasteiger partial charge is 0.216 e. The molecule has 0 bridgehead atoms. The van der Waals surface area contributed by atoms with Crippen LogP contribution in [0, 0.1) is 0 Å². The quantitative estimate of drug-likeness (QED) is 0.333. The van der Waals surface area contributed by atoms with Crippen molar-refractivity contribution in [1.82, 2.24) is 15.1 Å². The lowest BCUT2D eigenvalue weighted by Crippen LogP contribution is -2.32. The summed E-state index contributed by atoms with van der Waals surface area (Å²) in [5.74, 6) is 1.13. The van der Waals surface area contributed by atoms with Gasteiger partial charge in [0.05, 0.1) is 24.9 Å². The summed E-state index contributed by atoms with van der Waals surface area (Å²) < 4.78 is 7.07. The van der Waals surface area contributed by atoms with Gasteiger partial charge in [0.15, 0.2) is 5.96 Å². The monoisotopic (exact) mass is 393 g/mol. The van der Waals surface area contributed by atoms with Crippen LogP contribution in [0.1, 0.15) is 25.1 Å². The number of methoxy groups -OCH3 is 1. The predicted molar refractivity (Wildman–Crippen MR) is 92.7 cm³/mol. The molecular weight excluding hydrogens is 369 g/mol. The molecule has 0 saturated carbocycles. The van der Waals surface area contributed by atoms with E-state index in [0.29, 0.717) is 19.0 Å². The number of nitrogens with two attached hydrogens (primary N) is 1. The Labute approximate surface area is 137 Å². The van der Waals surface area contributed by atoms with Crippen LogP contribution in [0.3, 0.4) is 0 Å². The Kier molecular flexibility index (Phi) is 8.28. The van der Waals surface area contributed by atoms with Crippen LogP contribution in [-0.2, 0) is 20.0 Å². The number of nitrogens with one attached hydrogen (secondary N) is 1. The van der Waals surface area contributed by atoms with Crippen LogP contribution < -0.4 is 15.8 Å². The highest BCUT2D eigenvalue weighted by Crippen LogP contribution is 2.22.